The van der Waals surface area contributed by atoms with E-state index in [1.54, 1.807) is 11.8 Å². The molecule has 0 aromatic rings. The van der Waals surface area contributed by atoms with Gasteiger partial charge in [0.05, 0.1) is 0 Å². The summed E-state index contributed by atoms with van der Waals surface area (Å²) in [4.78, 5) is 10.5. The summed E-state index contributed by atoms with van der Waals surface area (Å²) in [5, 5.41) is 0. The molecule has 0 N–H and O–H groups in total. The van der Waals surface area contributed by atoms with Crippen LogP contribution in [0.25, 0.3) is 0 Å². The highest BCUT2D eigenvalue weighted by molar-refractivity contribution is 7.99. The molecule has 1 rings (SSSR count). The van der Waals surface area contributed by atoms with Crippen LogP contribution in [0.4, 0.5) is 0 Å². The molecule has 0 radical (unpaired) electrons. The molecule has 0 saturated carbocycles. The van der Waals surface area contributed by atoms with E-state index in [2.05, 4.69) is 0 Å². The number of ketones is 1. The first-order valence-electron chi connectivity index (χ1n) is 2.49. The molecule has 0 aliphatic carbocycles. The summed E-state index contributed by atoms with van der Waals surface area (Å²) in [6.45, 7) is 0.325. The highest BCUT2D eigenvalue weighted by atomic mass is 32.2. The van der Waals surface area contributed by atoms with Crippen LogP contribution in [0.2, 0.25) is 0 Å². The van der Waals surface area contributed by atoms with Crippen molar-refractivity contribution in [1.29, 1.82) is 0 Å². The van der Waals surface area contributed by atoms with Crippen molar-refractivity contribution in [2.24, 2.45) is 0 Å². The molecule has 8 heavy (non-hydrogen) atoms. The van der Waals surface area contributed by atoms with Gasteiger partial charge in [0.15, 0.2) is 5.78 Å². The van der Waals surface area contributed by atoms with E-state index in [1.807, 2.05) is 6.26 Å². The lowest BCUT2D eigenvalue weighted by Gasteiger charge is -1.99. The molecular formula is C5H8O2S. The molecule has 0 amide bonds. The highest BCUT2D eigenvalue weighted by Gasteiger charge is 2.20. The van der Waals surface area contributed by atoms with Gasteiger partial charge in [-0.3, -0.25) is 4.79 Å². The van der Waals surface area contributed by atoms with E-state index in [4.69, 9.17) is 4.74 Å². The first-order valence-corrected chi connectivity index (χ1v) is 3.78. The molecule has 1 fully saturated rings. The summed E-state index contributed by atoms with van der Waals surface area (Å²) < 4.78 is 5.03. The summed E-state index contributed by atoms with van der Waals surface area (Å²) in [6.07, 6.45) is 2.55. The number of carbonyl (C=O) groups excluding carboxylic acids is 1. The molecule has 1 aliphatic heterocycles. The lowest BCUT2D eigenvalue weighted by Crippen LogP contribution is -1.95. The Bertz CT molecular complexity index is 103. The fraction of sp³-hybridized carbons (Fsp3) is 0.800. The Kier molecular flexibility index (Phi) is 1.91. The number of carbonyl (C=O) groups is 1. The molecule has 0 aromatic carbocycles. The summed E-state index contributed by atoms with van der Waals surface area (Å²) in [7, 11) is 0. The molecule has 46 valence electrons. The highest BCUT2D eigenvalue weighted by Crippen LogP contribution is 2.18. The first-order chi connectivity index (χ1) is 3.83. The van der Waals surface area contributed by atoms with Crippen LogP contribution in [0.15, 0.2) is 0 Å². The van der Waals surface area contributed by atoms with Gasteiger partial charge in [-0.15, -0.1) is 11.8 Å². The molecule has 2 nitrogen and oxygen atoms in total. The molecule has 1 unspecified atom stereocenters. The van der Waals surface area contributed by atoms with Crippen molar-refractivity contribution >= 4 is 17.5 Å². The largest absolute Gasteiger partial charge is 0.359 e. The zero-order chi connectivity index (χ0) is 5.98. The quantitative estimate of drug-likeness (QED) is 0.524. The number of hydrogen-bond donors (Lipinski definition) is 0. The number of hydrogen-bond acceptors (Lipinski definition) is 3. The van der Waals surface area contributed by atoms with Crippen molar-refractivity contribution in [2.75, 3.05) is 12.9 Å². The molecule has 3 heteroatoms. The third kappa shape index (κ3) is 1.23. The second-order valence-electron chi connectivity index (χ2n) is 1.72. The van der Waals surface area contributed by atoms with E-state index in [1.165, 1.54) is 0 Å². The van der Waals surface area contributed by atoms with Gasteiger partial charge in [-0.2, -0.15) is 0 Å². The Morgan fingerprint density at radius 1 is 1.88 bits per heavy atom. The minimum Gasteiger partial charge on any atom is -0.359 e. The van der Waals surface area contributed by atoms with Crippen LogP contribution >= 0.6 is 11.8 Å². The average molecular weight is 132 g/mol. The molecule has 0 spiro atoms. The SMILES string of the molecule is CSC1CC(=O)CO1. The van der Waals surface area contributed by atoms with E-state index < -0.39 is 0 Å². The predicted octanol–water partition coefficient (Wildman–Crippen LogP) is 0.665. The van der Waals surface area contributed by atoms with Crippen LogP contribution in [0, 0.1) is 0 Å². The standard InChI is InChI=1S/C5H8O2S/c1-8-5-2-4(6)3-7-5/h5H,2-3H2,1H3. The topological polar surface area (TPSA) is 26.3 Å². The van der Waals surface area contributed by atoms with Crippen LogP contribution in [-0.4, -0.2) is 24.1 Å². The summed E-state index contributed by atoms with van der Waals surface area (Å²) in [6, 6.07) is 0. The third-order valence-electron chi connectivity index (χ3n) is 1.09. The number of Topliss-reactive ketones (excluding diaryl/α,β-unsaturated/α-hetero) is 1. The fourth-order valence-electron chi connectivity index (χ4n) is 0.641. The summed E-state index contributed by atoms with van der Waals surface area (Å²) in [5.41, 5.74) is 0.141. The Morgan fingerprint density at radius 3 is 2.88 bits per heavy atom. The van der Waals surface area contributed by atoms with Crippen molar-refractivity contribution in [3.63, 3.8) is 0 Å². The molecular weight excluding hydrogens is 124 g/mol. The maximum Gasteiger partial charge on any atom is 0.161 e. The maximum atomic E-state index is 10.5. The smallest absolute Gasteiger partial charge is 0.161 e. The van der Waals surface area contributed by atoms with Gasteiger partial charge in [0.25, 0.3) is 0 Å². The maximum absolute atomic E-state index is 10.5. The second kappa shape index (κ2) is 2.51. The van der Waals surface area contributed by atoms with E-state index in [0.717, 1.165) is 0 Å². The van der Waals surface area contributed by atoms with Crippen LogP contribution in [0.3, 0.4) is 0 Å². The van der Waals surface area contributed by atoms with Crippen molar-refractivity contribution in [2.45, 2.75) is 11.9 Å². The zero-order valence-electron chi connectivity index (χ0n) is 4.72. The average Bonchev–Trinajstić information content (AvgIpc) is 2.14. The van der Waals surface area contributed by atoms with E-state index in [9.17, 15) is 4.79 Å². The Hall–Kier alpha value is -0.0200. The normalized spacial score (nSPS) is 29.1. The lowest BCUT2D eigenvalue weighted by atomic mass is 10.4. The Balaban J connectivity index is 2.32. The van der Waals surface area contributed by atoms with Gasteiger partial charge in [0, 0.05) is 6.42 Å². The van der Waals surface area contributed by atoms with Crippen molar-refractivity contribution in [3.05, 3.63) is 0 Å². The molecule has 0 aromatic heterocycles. The van der Waals surface area contributed by atoms with Gasteiger partial charge in [-0.05, 0) is 6.26 Å². The minimum absolute atomic E-state index is 0.141. The van der Waals surface area contributed by atoms with Crippen molar-refractivity contribution in [3.8, 4) is 0 Å². The Morgan fingerprint density at radius 2 is 2.62 bits per heavy atom. The molecule has 1 atom stereocenters. The van der Waals surface area contributed by atoms with Crippen molar-refractivity contribution in [1.82, 2.24) is 0 Å². The van der Waals surface area contributed by atoms with Crippen LogP contribution in [0.1, 0.15) is 6.42 Å². The number of ether oxygens (including phenoxy) is 1. The van der Waals surface area contributed by atoms with Gasteiger partial charge < -0.3 is 4.74 Å². The van der Waals surface area contributed by atoms with E-state index >= 15 is 0 Å². The van der Waals surface area contributed by atoms with Gasteiger partial charge in [0.2, 0.25) is 0 Å². The number of thioether (sulfide) groups is 1. The van der Waals surface area contributed by atoms with Gasteiger partial charge >= 0.3 is 0 Å². The summed E-state index contributed by atoms with van der Waals surface area (Å²) >= 11 is 1.59. The van der Waals surface area contributed by atoms with Gasteiger partial charge in [-0.1, -0.05) is 0 Å². The van der Waals surface area contributed by atoms with Crippen molar-refractivity contribution < 1.29 is 9.53 Å². The second-order valence-corrected chi connectivity index (χ2v) is 2.72. The van der Waals surface area contributed by atoms with Crippen LogP contribution in [0.5, 0.6) is 0 Å². The summed E-state index contributed by atoms with van der Waals surface area (Å²) in [5.74, 6) is 0.226. The van der Waals surface area contributed by atoms with Gasteiger partial charge in [-0.25, -0.2) is 0 Å². The van der Waals surface area contributed by atoms with Gasteiger partial charge in [0.1, 0.15) is 12.0 Å². The zero-order valence-corrected chi connectivity index (χ0v) is 5.53. The Labute approximate surface area is 52.6 Å². The molecule has 1 aliphatic rings. The molecule has 0 bridgehead atoms. The van der Waals surface area contributed by atoms with Crippen LogP contribution < -0.4 is 0 Å². The van der Waals surface area contributed by atoms with E-state index in [0.29, 0.717) is 13.0 Å². The lowest BCUT2D eigenvalue weighted by molar-refractivity contribution is -0.117. The van der Waals surface area contributed by atoms with Crippen LogP contribution in [-0.2, 0) is 9.53 Å². The minimum atomic E-state index is 0.141. The number of rotatable bonds is 1. The first kappa shape index (κ1) is 6.11. The molecule has 1 heterocycles. The predicted molar refractivity (Wildman–Crippen MR) is 32.9 cm³/mol. The monoisotopic (exact) mass is 132 g/mol. The fourth-order valence-corrected chi connectivity index (χ4v) is 1.20. The van der Waals surface area contributed by atoms with E-state index in [-0.39, 0.29) is 11.2 Å². The molecule has 1 saturated heterocycles. The third-order valence-corrected chi connectivity index (χ3v) is 1.92.